The van der Waals surface area contributed by atoms with E-state index in [-0.39, 0.29) is 12.2 Å². The Bertz CT molecular complexity index is 1060. The summed E-state index contributed by atoms with van der Waals surface area (Å²) >= 11 is 5.84. The number of anilines is 1. The van der Waals surface area contributed by atoms with Crippen LogP contribution < -0.4 is 20.9 Å². The van der Waals surface area contributed by atoms with E-state index >= 15 is 0 Å². The monoisotopic (exact) mass is 469 g/mol. The lowest BCUT2D eigenvalue weighted by Gasteiger charge is -2.26. The predicted molar refractivity (Wildman–Crippen MR) is 133 cm³/mol. The zero-order valence-electron chi connectivity index (χ0n) is 19.6. The molecule has 176 valence electrons. The summed E-state index contributed by atoms with van der Waals surface area (Å²) in [7, 11) is 0. The second-order valence-electron chi connectivity index (χ2n) is 8.62. The van der Waals surface area contributed by atoms with Gasteiger partial charge in [0.2, 0.25) is 0 Å². The fourth-order valence-electron chi connectivity index (χ4n) is 3.72. The van der Waals surface area contributed by atoms with Crippen LogP contribution in [0.1, 0.15) is 33.4 Å². The third-order valence-corrected chi connectivity index (χ3v) is 5.56. The van der Waals surface area contributed by atoms with Gasteiger partial charge in [0.05, 0.1) is 22.6 Å². The Hall–Kier alpha value is -2.90. The Morgan fingerprint density at radius 1 is 1.00 bits per heavy atom. The van der Waals surface area contributed by atoms with E-state index < -0.39 is 0 Å². The zero-order valence-corrected chi connectivity index (χ0v) is 20.3. The summed E-state index contributed by atoms with van der Waals surface area (Å²) in [4.78, 5) is 21.2. The van der Waals surface area contributed by atoms with Crippen molar-refractivity contribution in [3.05, 3.63) is 76.1 Å². The first-order chi connectivity index (χ1) is 15.8. The Kier molecular flexibility index (Phi) is 8.86. The molecule has 2 N–H and O–H groups in total. The third kappa shape index (κ3) is 7.30. The fraction of sp³-hybridized carbons (Fsp3) is 0.400. The first-order valence-electron chi connectivity index (χ1n) is 11.2. The second-order valence-corrected chi connectivity index (χ2v) is 9.06. The van der Waals surface area contributed by atoms with Gasteiger partial charge < -0.3 is 15.4 Å². The van der Waals surface area contributed by atoms with Crippen LogP contribution in [0.15, 0.2) is 59.8 Å². The largest absolute Gasteiger partial charge is 0.487 e. The van der Waals surface area contributed by atoms with Crippen LogP contribution in [0.4, 0.5) is 5.82 Å². The maximum Gasteiger partial charge on any atom is 0.258 e. The number of halogens is 1. The molecule has 3 heterocycles. The average Bonchev–Trinajstić information content (AvgIpc) is 2.79. The Labute approximate surface area is 200 Å². The summed E-state index contributed by atoms with van der Waals surface area (Å²) in [6.45, 7) is 10.8. The molecule has 8 heteroatoms. The van der Waals surface area contributed by atoms with Crippen molar-refractivity contribution < 1.29 is 4.74 Å². The van der Waals surface area contributed by atoms with E-state index in [2.05, 4.69) is 48.3 Å². The first kappa shape index (κ1) is 24.7. The number of pyridine rings is 3. The minimum absolute atomic E-state index is 0.198. The lowest BCUT2D eigenvalue weighted by Crippen LogP contribution is -2.40. The van der Waals surface area contributed by atoms with Gasteiger partial charge in [-0.05, 0) is 42.2 Å². The van der Waals surface area contributed by atoms with E-state index in [0.717, 1.165) is 24.6 Å². The number of ether oxygens (including phenoxy) is 1. The molecule has 0 atom stereocenters. The molecule has 0 unspecified atom stereocenters. The van der Waals surface area contributed by atoms with Crippen LogP contribution in [0.3, 0.4) is 0 Å². The molecule has 0 saturated carbocycles. The molecule has 0 amide bonds. The van der Waals surface area contributed by atoms with E-state index in [0.29, 0.717) is 34.3 Å². The summed E-state index contributed by atoms with van der Waals surface area (Å²) in [5.74, 6) is 2.43. The molecule has 3 rings (SSSR count). The number of nitrogens with one attached hydrogen (secondary N) is 2. The highest BCUT2D eigenvalue weighted by atomic mass is 35.5. The zero-order chi connectivity index (χ0) is 23.8. The normalized spacial score (nSPS) is 11.4. The van der Waals surface area contributed by atoms with Crippen LogP contribution in [-0.4, -0.2) is 33.7 Å². The molecule has 0 aliphatic rings. The molecule has 0 spiro atoms. The molecule has 0 fully saturated rings. The molecule has 0 radical (unpaired) electrons. The topological polar surface area (TPSA) is 81.1 Å². The SMILES string of the molecule is CC(C)C(NCCNc1ccc(-n2ccc(OCc3ccc(Cl)cn3)cc2=O)cn1)C(C)C. The highest BCUT2D eigenvalue weighted by Crippen LogP contribution is 2.14. The summed E-state index contributed by atoms with van der Waals surface area (Å²) in [6.07, 6.45) is 4.92. The van der Waals surface area contributed by atoms with Crippen molar-refractivity contribution in [1.29, 1.82) is 0 Å². The van der Waals surface area contributed by atoms with Crippen molar-refractivity contribution >= 4 is 17.4 Å². The average molecular weight is 470 g/mol. The quantitative estimate of drug-likeness (QED) is 0.401. The van der Waals surface area contributed by atoms with Crippen molar-refractivity contribution in [3.63, 3.8) is 0 Å². The van der Waals surface area contributed by atoms with Gasteiger partial charge in [0.1, 0.15) is 18.2 Å². The minimum Gasteiger partial charge on any atom is -0.487 e. The van der Waals surface area contributed by atoms with Crippen molar-refractivity contribution in [1.82, 2.24) is 19.9 Å². The van der Waals surface area contributed by atoms with Gasteiger partial charge in [-0.1, -0.05) is 39.3 Å². The Balaban J connectivity index is 1.53. The van der Waals surface area contributed by atoms with Gasteiger partial charge in [-0.2, -0.15) is 0 Å². The summed E-state index contributed by atoms with van der Waals surface area (Å²) in [6, 6.07) is 11.0. The van der Waals surface area contributed by atoms with E-state index in [4.69, 9.17) is 16.3 Å². The predicted octanol–water partition coefficient (Wildman–Crippen LogP) is 4.54. The molecule has 3 aromatic heterocycles. The van der Waals surface area contributed by atoms with E-state index in [9.17, 15) is 4.79 Å². The molecular weight excluding hydrogens is 438 g/mol. The standard InChI is InChI=1S/C25H32ClN5O2/c1-17(2)25(18(3)4)28-11-10-27-23-8-7-21(15-30-23)31-12-9-22(13-24(31)32)33-16-20-6-5-19(26)14-29-20/h5-9,12-15,17-18,25,28H,10-11,16H2,1-4H3,(H,27,30). The van der Waals surface area contributed by atoms with Gasteiger partial charge in [0.25, 0.3) is 5.56 Å². The third-order valence-electron chi connectivity index (χ3n) is 5.34. The number of rotatable bonds is 11. The van der Waals surface area contributed by atoms with E-state index in [1.54, 1.807) is 36.8 Å². The molecule has 0 saturated heterocycles. The van der Waals surface area contributed by atoms with Gasteiger partial charge >= 0.3 is 0 Å². The van der Waals surface area contributed by atoms with E-state index in [1.165, 1.54) is 10.6 Å². The molecule has 3 aromatic rings. The summed E-state index contributed by atoms with van der Waals surface area (Å²) in [5.41, 5.74) is 1.22. The molecule has 0 aliphatic carbocycles. The van der Waals surface area contributed by atoms with Crippen molar-refractivity contribution in [3.8, 4) is 11.4 Å². The maximum absolute atomic E-state index is 12.6. The van der Waals surface area contributed by atoms with Gasteiger partial charge in [-0.3, -0.25) is 14.3 Å². The van der Waals surface area contributed by atoms with Crippen LogP contribution >= 0.6 is 11.6 Å². The molecule has 0 aliphatic heterocycles. The number of hydrogen-bond donors (Lipinski definition) is 2. The van der Waals surface area contributed by atoms with Gasteiger partial charge in [-0.25, -0.2) is 4.98 Å². The Morgan fingerprint density at radius 2 is 1.79 bits per heavy atom. The van der Waals surface area contributed by atoms with Crippen LogP contribution in [-0.2, 0) is 6.61 Å². The van der Waals surface area contributed by atoms with Crippen molar-refractivity contribution in [2.24, 2.45) is 11.8 Å². The molecule has 33 heavy (non-hydrogen) atoms. The highest BCUT2D eigenvalue weighted by molar-refractivity contribution is 6.30. The van der Waals surface area contributed by atoms with Crippen LogP contribution in [0.25, 0.3) is 5.69 Å². The van der Waals surface area contributed by atoms with Crippen LogP contribution in [0.2, 0.25) is 5.02 Å². The van der Waals surface area contributed by atoms with Crippen LogP contribution in [0, 0.1) is 11.8 Å². The lowest BCUT2D eigenvalue weighted by atomic mass is 9.93. The smallest absolute Gasteiger partial charge is 0.258 e. The maximum atomic E-state index is 12.6. The Morgan fingerprint density at radius 3 is 2.39 bits per heavy atom. The molecule has 0 bridgehead atoms. The minimum atomic E-state index is -0.198. The second kappa shape index (κ2) is 11.8. The first-order valence-corrected chi connectivity index (χ1v) is 11.6. The van der Waals surface area contributed by atoms with E-state index in [1.807, 2.05) is 12.1 Å². The molecule has 7 nitrogen and oxygen atoms in total. The van der Waals surface area contributed by atoms with Crippen molar-refractivity contribution in [2.75, 3.05) is 18.4 Å². The van der Waals surface area contributed by atoms with Gasteiger partial charge in [0, 0.05) is 37.6 Å². The summed E-state index contributed by atoms with van der Waals surface area (Å²) in [5, 5.41) is 7.49. The lowest BCUT2D eigenvalue weighted by molar-refractivity contribution is 0.300. The molecular formula is C25H32ClN5O2. The number of hydrogen-bond acceptors (Lipinski definition) is 6. The highest BCUT2D eigenvalue weighted by Gasteiger charge is 2.15. The van der Waals surface area contributed by atoms with Gasteiger partial charge in [-0.15, -0.1) is 0 Å². The van der Waals surface area contributed by atoms with Crippen molar-refractivity contribution in [2.45, 2.75) is 40.3 Å². The van der Waals surface area contributed by atoms with Crippen LogP contribution in [0.5, 0.6) is 5.75 Å². The molecule has 0 aromatic carbocycles. The number of aromatic nitrogens is 3. The number of nitrogens with zero attached hydrogens (tertiary/aromatic N) is 3. The van der Waals surface area contributed by atoms with Gasteiger partial charge in [0.15, 0.2) is 0 Å². The fourth-order valence-corrected chi connectivity index (χ4v) is 3.83. The summed E-state index contributed by atoms with van der Waals surface area (Å²) < 4.78 is 7.20.